The summed E-state index contributed by atoms with van der Waals surface area (Å²) in [4.78, 5) is 9.00. The monoisotopic (exact) mass is 196 g/mol. The largest absolute Gasteiger partial charge is 0.481 e. The maximum Gasteiger partial charge on any atom is 0.300 e. The van der Waals surface area contributed by atoms with Crippen molar-refractivity contribution in [1.82, 2.24) is 0 Å². The Morgan fingerprint density at radius 3 is 2.07 bits per heavy atom. The summed E-state index contributed by atoms with van der Waals surface area (Å²) >= 11 is 0. The van der Waals surface area contributed by atoms with Gasteiger partial charge in [-0.15, -0.1) is 0 Å². The zero-order valence-corrected chi connectivity index (χ0v) is 8.53. The van der Waals surface area contributed by atoms with Crippen LogP contribution in [0.5, 0.6) is 0 Å². The molecule has 78 valence electrons. The van der Waals surface area contributed by atoms with Crippen LogP contribution in [0.3, 0.4) is 0 Å². The SMILES string of the molecule is CC(=O)O.CC(CCO)=C1C=CC=C1. The molecule has 1 aliphatic rings. The summed E-state index contributed by atoms with van der Waals surface area (Å²) in [5, 5.41) is 16.0. The van der Waals surface area contributed by atoms with Gasteiger partial charge in [-0.05, 0) is 18.9 Å². The average molecular weight is 196 g/mol. The highest BCUT2D eigenvalue weighted by atomic mass is 16.4. The first kappa shape index (κ1) is 12.7. The summed E-state index contributed by atoms with van der Waals surface area (Å²) in [6.07, 6.45) is 8.92. The normalized spacial score (nSPS) is 12.4. The van der Waals surface area contributed by atoms with Crippen molar-refractivity contribution in [3.05, 3.63) is 35.5 Å². The molecule has 3 heteroatoms. The molecule has 0 aromatic carbocycles. The van der Waals surface area contributed by atoms with Crippen LogP contribution in [0.15, 0.2) is 35.5 Å². The van der Waals surface area contributed by atoms with E-state index in [1.54, 1.807) is 0 Å². The predicted octanol–water partition coefficient (Wildman–Crippen LogP) is 1.90. The molecule has 0 atom stereocenters. The Kier molecular flexibility index (Phi) is 6.41. The minimum Gasteiger partial charge on any atom is -0.481 e. The van der Waals surface area contributed by atoms with E-state index >= 15 is 0 Å². The van der Waals surface area contributed by atoms with Crippen LogP contribution in [0.2, 0.25) is 0 Å². The van der Waals surface area contributed by atoms with Crippen LogP contribution in [0.4, 0.5) is 0 Å². The highest BCUT2D eigenvalue weighted by Gasteiger charge is 1.96. The van der Waals surface area contributed by atoms with Gasteiger partial charge < -0.3 is 10.2 Å². The number of allylic oxidation sites excluding steroid dienone is 5. The van der Waals surface area contributed by atoms with Crippen LogP contribution < -0.4 is 0 Å². The second-order valence-corrected chi connectivity index (χ2v) is 2.95. The maximum atomic E-state index is 9.00. The Morgan fingerprint density at radius 2 is 1.71 bits per heavy atom. The molecule has 0 aliphatic heterocycles. The summed E-state index contributed by atoms with van der Waals surface area (Å²) in [6.45, 7) is 3.38. The number of hydrogen-bond acceptors (Lipinski definition) is 2. The molecule has 1 rings (SSSR count). The highest BCUT2D eigenvalue weighted by molar-refractivity contribution is 5.62. The van der Waals surface area contributed by atoms with E-state index in [0.717, 1.165) is 13.3 Å². The molecule has 0 saturated heterocycles. The van der Waals surface area contributed by atoms with Crippen molar-refractivity contribution in [1.29, 1.82) is 0 Å². The lowest BCUT2D eigenvalue weighted by atomic mass is 10.1. The topological polar surface area (TPSA) is 57.5 Å². The van der Waals surface area contributed by atoms with Gasteiger partial charge in [0, 0.05) is 13.5 Å². The number of carbonyl (C=O) groups is 1. The lowest BCUT2D eigenvalue weighted by Crippen LogP contribution is -1.86. The highest BCUT2D eigenvalue weighted by Crippen LogP contribution is 2.14. The van der Waals surface area contributed by atoms with Crippen molar-refractivity contribution in [3.63, 3.8) is 0 Å². The average Bonchev–Trinajstić information content (AvgIpc) is 2.55. The molecule has 3 nitrogen and oxygen atoms in total. The van der Waals surface area contributed by atoms with E-state index in [1.165, 1.54) is 11.1 Å². The molecule has 0 spiro atoms. The molecule has 0 saturated carbocycles. The van der Waals surface area contributed by atoms with Gasteiger partial charge in [0.05, 0.1) is 0 Å². The van der Waals surface area contributed by atoms with Gasteiger partial charge in [0.15, 0.2) is 0 Å². The molecule has 2 N–H and O–H groups in total. The quantitative estimate of drug-likeness (QED) is 0.709. The molecule has 0 heterocycles. The molecule has 0 bridgehead atoms. The summed E-state index contributed by atoms with van der Waals surface area (Å²) in [5.41, 5.74) is 2.50. The minimum atomic E-state index is -0.833. The summed E-state index contributed by atoms with van der Waals surface area (Å²) in [5.74, 6) is -0.833. The van der Waals surface area contributed by atoms with Crippen LogP contribution >= 0.6 is 0 Å². The lowest BCUT2D eigenvalue weighted by molar-refractivity contribution is -0.134. The number of hydrogen-bond donors (Lipinski definition) is 2. The lowest BCUT2D eigenvalue weighted by Gasteiger charge is -1.98. The molecule has 14 heavy (non-hydrogen) atoms. The molecule has 0 radical (unpaired) electrons. The molecule has 0 unspecified atom stereocenters. The van der Waals surface area contributed by atoms with Gasteiger partial charge in [0.1, 0.15) is 0 Å². The number of aliphatic hydroxyl groups excluding tert-OH is 1. The van der Waals surface area contributed by atoms with Crippen molar-refractivity contribution in [2.75, 3.05) is 6.61 Å². The fourth-order valence-corrected chi connectivity index (χ4v) is 0.971. The van der Waals surface area contributed by atoms with Gasteiger partial charge in [-0.25, -0.2) is 0 Å². The summed E-state index contributed by atoms with van der Waals surface area (Å²) in [6, 6.07) is 0. The summed E-state index contributed by atoms with van der Waals surface area (Å²) in [7, 11) is 0. The summed E-state index contributed by atoms with van der Waals surface area (Å²) < 4.78 is 0. The van der Waals surface area contributed by atoms with Gasteiger partial charge in [-0.3, -0.25) is 4.79 Å². The molecular weight excluding hydrogens is 180 g/mol. The first-order valence-corrected chi connectivity index (χ1v) is 4.42. The van der Waals surface area contributed by atoms with Crippen LogP contribution in [0.1, 0.15) is 20.3 Å². The molecular formula is C11H16O3. The van der Waals surface area contributed by atoms with Crippen molar-refractivity contribution >= 4 is 5.97 Å². The van der Waals surface area contributed by atoms with Crippen LogP contribution in [-0.4, -0.2) is 22.8 Å². The van der Waals surface area contributed by atoms with E-state index < -0.39 is 5.97 Å². The van der Waals surface area contributed by atoms with Crippen molar-refractivity contribution in [3.8, 4) is 0 Å². The number of rotatable bonds is 2. The van der Waals surface area contributed by atoms with Gasteiger partial charge >= 0.3 is 0 Å². The third-order valence-electron chi connectivity index (χ3n) is 1.64. The molecule has 1 aliphatic carbocycles. The Hall–Kier alpha value is -1.35. The van der Waals surface area contributed by atoms with Crippen LogP contribution in [0, 0.1) is 0 Å². The smallest absolute Gasteiger partial charge is 0.300 e. The van der Waals surface area contributed by atoms with Gasteiger partial charge in [0.2, 0.25) is 0 Å². The standard InChI is InChI=1S/C9H12O.C2H4O2/c1-8(6-7-10)9-4-2-3-5-9;1-2(3)4/h2-5,10H,6-7H2,1H3;1H3,(H,3,4). The fourth-order valence-electron chi connectivity index (χ4n) is 0.971. The minimum absolute atomic E-state index is 0.247. The molecule has 0 aromatic heterocycles. The van der Waals surface area contributed by atoms with Crippen LogP contribution in [-0.2, 0) is 4.79 Å². The number of carboxylic acid groups (broad SMARTS) is 1. The second kappa shape index (κ2) is 7.09. The van der Waals surface area contributed by atoms with Crippen molar-refractivity contribution in [2.45, 2.75) is 20.3 Å². The Morgan fingerprint density at radius 1 is 1.29 bits per heavy atom. The second-order valence-electron chi connectivity index (χ2n) is 2.95. The molecule has 0 aromatic rings. The van der Waals surface area contributed by atoms with Crippen LogP contribution in [0.25, 0.3) is 0 Å². The zero-order valence-electron chi connectivity index (χ0n) is 8.53. The Labute approximate surface area is 84.1 Å². The van der Waals surface area contributed by atoms with E-state index in [9.17, 15) is 0 Å². The van der Waals surface area contributed by atoms with Gasteiger partial charge in [-0.2, -0.15) is 0 Å². The van der Waals surface area contributed by atoms with E-state index in [4.69, 9.17) is 15.0 Å². The maximum absolute atomic E-state index is 9.00. The number of carboxylic acids is 1. The zero-order chi connectivity index (χ0) is 11.0. The molecule has 0 amide bonds. The fraction of sp³-hybridized carbons (Fsp3) is 0.364. The predicted molar refractivity (Wildman–Crippen MR) is 56.0 cm³/mol. The van der Waals surface area contributed by atoms with E-state index in [-0.39, 0.29) is 6.61 Å². The van der Waals surface area contributed by atoms with Gasteiger partial charge in [0.25, 0.3) is 5.97 Å². The third-order valence-corrected chi connectivity index (χ3v) is 1.64. The van der Waals surface area contributed by atoms with Gasteiger partial charge in [-0.1, -0.05) is 29.9 Å². The third kappa shape index (κ3) is 6.20. The first-order chi connectivity index (χ1) is 6.57. The Bertz CT molecular complexity index is 254. The first-order valence-electron chi connectivity index (χ1n) is 4.42. The van der Waals surface area contributed by atoms with E-state index in [1.807, 2.05) is 19.1 Å². The van der Waals surface area contributed by atoms with Crippen molar-refractivity contribution < 1.29 is 15.0 Å². The number of aliphatic carboxylic acids is 1. The van der Waals surface area contributed by atoms with E-state index in [2.05, 4.69) is 12.2 Å². The van der Waals surface area contributed by atoms with Crippen molar-refractivity contribution in [2.24, 2.45) is 0 Å². The van der Waals surface area contributed by atoms with E-state index in [0.29, 0.717) is 0 Å². The molecule has 0 fully saturated rings. The number of aliphatic hydroxyl groups is 1. The Balaban J connectivity index is 0.000000364.